The van der Waals surface area contributed by atoms with E-state index in [-0.39, 0.29) is 5.28 Å². The van der Waals surface area contributed by atoms with Gasteiger partial charge in [0.25, 0.3) is 0 Å². The van der Waals surface area contributed by atoms with Crippen molar-refractivity contribution in [2.75, 3.05) is 6.61 Å². The molecule has 2 heterocycles. The smallest absolute Gasteiger partial charge is 0.234 e. The monoisotopic (exact) mass is 515 g/mol. The van der Waals surface area contributed by atoms with Crippen LogP contribution in [0.5, 0.6) is 11.6 Å². The lowest BCUT2D eigenvalue weighted by Gasteiger charge is -2.15. The van der Waals surface area contributed by atoms with E-state index in [9.17, 15) is 0 Å². The lowest BCUT2D eigenvalue weighted by Crippen LogP contribution is -2.22. The van der Waals surface area contributed by atoms with Gasteiger partial charge in [0.1, 0.15) is 12.5 Å². The summed E-state index contributed by atoms with van der Waals surface area (Å²) >= 11 is 8.44. The number of fused-ring (bicyclic) bond motifs is 1. The molecule has 0 aliphatic carbocycles. The number of hydrogen-bond donors (Lipinski definition) is 0. The predicted molar refractivity (Wildman–Crippen MR) is 121 cm³/mol. The van der Waals surface area contributed by atoms with Crippen molar-refractivity contribution in [1.82, 2.24) is 14.5 Å². The molecule has 2 aromatic heterocycles. The van der Waals surface area contributed by atoms with E-state index in [4.69, 9.17) is 21.1 Å². The van der Waals surface area contributed by atoms with Crippen LogP contribution in [-0.2, 0) is 11.5 Å². The number of hydrogen-bond acceptors (Lipinski definition) is 4. The van der Waals surface area contributed by atoms with Gasteiger partial charge in [-0.2, -0.15) is 9.97 Å². The minimum atomic E-state index is -1.11. The first-order valence-corrected chi connectivity index (χ1v) is 13.9. The number of aromatic nitrogens is 3. The molecule has 1 aromatic carbocycles. The fourth-order valence-corrected chi connectivity index (χ4v) is 4.31. The summed E-state index contributed by atoms with van der Waals surface area (Å²) in [6, 6.07) is 8.96. The molecule has 8 heteroatoms. The Kier molecular flexibility index (Phi) is 6.45. The number of ether oxygens (including phenoxy) is 2. The van der Waals surface area contributed by atoms with Crippen molar-refractivity contribution >= 4 is 53.3 Å². The molecule has 0 bridgehead atoms. The van der Waals surface area contributed by atoms with E-state index in [0.717, 1.165) is 38.6 Å². The summed E-state index contributed by atoms with van der Waals surface area (Å²) in [5, 5.41) is 0.998. The molecule has 144 valence electrons. The van der Waals surface area contributed by atoms with E-state index in [1.54, 1.807) is 0 Å². The fourth-order valence-electron chi connectivity index (χ4n) is 2.59. The number of benzene rings is 1. The van der Waals surface area contributed by atoms with Crippen LogP contribution in [0.4, 0.5) is 0 Å². The molecule has 0 N–H and O–H groups in total. The van der Waals surface area contributed by atoms with Gasteiger partial charge in [-0.3, -0.25) is 0 Å². The lowest BCUT2D eigenvalue weighted by atomic mass is 10.2. The maximum absolute atomic E-state index is 6.17. The Labute approximate surface area is 179 Å². The second kappa shape index (κ2) is 8.46. The molecule has 0 atom stereocenters. The number of halogens is 2. The van der Waals surface area contributed by atoms with E-state index in [1.165, 1.54) is 0 Å². The molecule has 5 nitrogen and oxygen atoms in total. The Morgan fingerprint density at radius 3 is 2.70 bits per heavy atom. The lowest BCUT2D eigenvalue weighted by molar-refractivity contribution is 0.0898. The maximum atomic E-state index is 6.17. The maximum Gasteiger partial charge on any atom is 0.234 e. The van der Waals surface area contributed by atoms with E-state index in [1.807, 2.05) is 42.0 Å². The van der Waals surface area contributed by atoms with Crippen LogP contribution in [0.2, 0.25) is 31.0 Å². The molecular formula is C19H23ClIN3O2Si. The van der Waals surface area contributed by atoms with E-state index in [2.05, 4.69) is 52.2 Å². The predicted octanol–water partition coefficient (Wildman–Crippen LogP) is 6.10. The van der Waals surface area contributed by atoms with Crippen LogP contribution in [0.25, 0.3) is 11.0 Å². The van der Waals surface area contributed by atoms with Crippen LogP contribution in [0.1, 0.15) is 5.56 Å². The zero-order valence-electron chi connectivity index (χ0n) is 15.9. The first-order chi connectivity index (χ1) is 12.7. The van der Waals surface area contributed by atoms with Crippen LogP contribution in [0.3, 0.4) is 0 Å². The zero-order chi connectivity index (χ0) is 19.6. The Hall–Kier alpha value is -1.16. The average molecular weight is 516 g/mol. The van der Waals surface area contributed by atoms with Crippen molar-refractivity contribution < 1.29 is 9.47 Å². The molecule has 0 radical (unpaired) electrons. The van der Waals surface area contributed by atoms with Gasteiger partial charge >= 0.3 is 0 Å². The van der Waals surface area contributed by atoms with Crippen molar-refractivity contribution in [3.63, 3.8) is 0 Å². The molecule has 0 aliphatic rings. The summed E-state index contributed by atoms with van der Waals surface area (Å²) in [7, 11) is -1.11. The molecule has 3 aromatic rings. The van der Waals surface area contributed by atoms with Gasteiger partial charge in [0.2, 0.25) is 11.2 Å². The van der Waals surface area contributed by atoms with Crippen molar-refractivity contribution in [2.45, 2.75) is 39.3 Å². The fraction of sp³-hybridized carbons (Fsp3) is 0.368. The summed E-state index contributed by atoms with van der Waals surface area (Å²) in [5.74, 6) is 1.18. The van der Waals surface area contributed by atoms with Crippen molar-refractivity contribution in [1.29, 1.82) is 0 Å². The second-order valence-electron chi connectivity index (χ2n) is 7.71. The molecular weight excluding hydrogens is 493 g/mol. The molecule has 0 unspecified atom stereocenters. The van der Waals surface area contributed by atoms with Crippen LogP contribution >= 0.6 is 34.2 Å². The number of aryl methyl sites for hydroxylation is 1. The first kappa shape index (κ1) is 20.6. The Morgan fingerprint density at radius 2 is 2.00 bits per heavy atom. The van der Waals surface area contributed by atoms with Gasteiger partial charge in [-0.25, -0.2) is 0 Å². The van der Waals surface area contributed by atoms with E-state index < -0.39 is 8.07 Å². The highest BCUT2D eigenvalue weighted by atomic mass is 127. The van der Waals surface area contributed by atoms with Gasteiger partial charge in [0.05, 0.1) is 5.39 Å². The van der Waals surface area contributed by atoms with Gasteiger partial charge in [-0.05, 0) is 64.9 Å². The third-order valence-electron chi connectivity index (χ3n) is 4.04. The summed E-state index contributed by atoms with van der Waals surface area (Å²) in [6.45, 7) is 10.2. The molecule has 0 aliphatic heterocycles. The topological polar surface area (TPSA) is 49.2 Å². The standard InChI is InChI=1S/C19H23ClIN3O2Si/c1-13-6-5-7-14(10-13)26-18-16-15(21)11-24(17(16)22-19(20)23-18)12-25-8-9-27(2,3)4/h5-7,10-11H,8-9,12H2,1-4H3. The Bertz CT molecular complexity index is 956. The molecule has 0 saturated carbocycles. The highest BCUT2D eigenvalue weighted by molar-refractivity contribution is 14.1. The normalized spacial score (nSPS) is 11.9. The average Bonchev–Trinajstić information content (AvgIpc) is 2.86. The van der Waals surface area contributed by atoms with Gasteiger partial charge in [0.15, 0.2) is 5.65 Å². The van der Waals surface area contributed by atoms with E-state index in [0.29, 0.717) is 12.6 Å². The number of nitrogens with zero attached hydrogens (tertiary/aromatic N) is 3. The van der Waals surface area contributed by atoms with Crippen molar-refractivity contribution in [3.05, 3.63) is 44.9 Å². The van der Waals surface area contributed by atoms with Crippen LogP contribution in [0, 0.1) is 10.5 Å². The molecule has 0 spiro atoms. The SMILES string of the molecule is Cc1cccc(Oc2nc(Cl)nc3c2c(I)cn3COCC[Si](C)(C)C)c1. The molecule has 0 saturated heterocycles. The highest BCUT2D eigenvalue weighted by Gasteiger charge is 2.18. The minimum Gasteiger partial charge on any atom is -0.438 e. The molecule has 0 fully saturated rings. The Morgan fingerprint density at radius 1 is 1.22 bits per heavy atom. The van der Waals surface area contributed by atoms with Crippen molar-refractivity contribution in [3.8, 4) is 11.6 Å². The third kappa shape index (κ3) is 5.43. The summed E-state index contributed by atoms with van der Waals surface area (Å²) in [4.78, 5) is 8.71. The van der Waals surface area contributed by atoms with Gasteiger partial charge in [-0.15, -0.1) is 0 Å². The van der Waals surface area contributed by atoms with Crippen LogP contribution in [-0.4, -0.2) is 29.2 Å². The van der Waals surface area contributed by atoms with E-state index >= 15 is 0 Å². The molecule has 3 rings (SSSR count). The minimum absolute atomic E-state index is 0.156. The summed E-state index contributed by atoms with van der Waals surface area (Å²) < 4.78 is 14.9. The quantitative estimate of drug-likeness (QED) is 0.165. The largest absolute Gasteiger partial charge is 0.438 e. The molecule has 27 heavy (non-hydrogen) atoms. The third-order valence-corrected chi connectivity index (χ3v) is 6.73. The van der Waals surface area contributed by atoms with Crippen LogP contribution < -0.4 is 4.74 Å². The van der Waals surface area contributed by atoms with Gasteiger partial charge in [0, 0.05) is 24.4 Å². The summed E-state index contributed by atoms with van der Waals surface area (Å²) in [5.41, 5.74) is 1.84. The zero-order valence-corrected chi connectivity index (χ0v) is 19.8. The number of rotatable bonds is 7. The van der Waals surface area contributed by atoms with Gasteiger partial charge < -0.3 is 14.0 Å². The van der Waals surface area contributed by atoms with Gasteiger partial charge in [-0.1, -0.05) is 31.8 Å². The summed E-state index contributed by atoms with van der Waals surface area (Å²) in [6.07, 6.45) is 1.99. The Balaban J connectivity index is 1.87. The first-order valence-electron chi connectivity index (χ1n) is 8.77. The highest BCUT2D eigenvalue weighted by Crippen LogP contribution is 2.33. The second-order valence-corrected chi connectivity index (χ2v) is 14.8. The van der Waals surface area contributed by atoms with Crippen LogP contribution in [0.15, 0.2) is 30.5 Å². The van der Waals surface area contributed by atoms with Crippen molar-refractivity contribution in [2.24, 2.45) is 0 Å². The molecule has 0 amide bonds.